The summed E-state index contributed by atoms with van der Waals surface area (Å²) in [5.74, 6) is 3.19. The summed E-state index contributed by atoms with van der Waals surface area (Å²) in [6.07, 6.45) is 4.24. The van der Waals surface area contributed by atoms with Crippen LogP contribution in [0.15, 0.2) is 23.2 Å². The molecule has 0 spiro atoms. The zero-order valence-electron chi connectivity index (χ0n) is 18.1. The smallest absolute Gasteiger partial charge is 0.191 e. The number of benzene rings is 1. The number of aliphatic imine (C=N–C) groups is 1. The molecule has 0 radical (unpaired) electrons. The molecule has 0 aromatic heterocycles. The van der Waals surface area contributed by atoms with Gasteiger partial charge < -0.3 is 20.1 Å². The van der Waals surface area contributed by atoms with E-state index in [1.54, 1.807) is 7.05 Å². The van der Waals surface area contributed by atoms with E-state index in [1.165, 1.54) is 5.56 Å². The van der Waals surface area contributed by atoms with Crippen molar-refractivity contribution in [1.82, 2.24) is 10.6 Å². The molecule has 1 heterocycles. The molecule has 0 bridgehead atoms. The zero-order chi connectivity index (χ0) is 20.9. The van der Waals surface area contributed by atoms with Gasteiger partial charge >= 0.3 is 0 Å². The highest BCUT2D eigenvalue weighted by Gasteiger charge is 2.27. The van der Waals surface area contributed by atoms with E-state index in [-0.39, 0.29) is 5.41 Å². The Hall–Kier alpha value is -1.76. The van der Waals surface area contributed by atoms with Crippen molar-refractivity contribution < 1.29 is 13.7 Å². The summed E-state index contributed by atoms with van der Waals surface area (Å²) in [7, 11) is 1.09. The van der Waals surface area contributed by atoms with Crippen LogP contribution >= 0.6 is 0 Å². The Morgan fingerprint density at radius 2 is 2.00 bits per heavy atom. The lowest BCUT2D eigenvalue weighted by Gasteiger charge is -2.32. The number of ether oxygens (including phenoxy) is 2. The van der Waals surface area contributed by atoms with Gasteiger partial charge in [-0.1, -0.05) is 33.3 Å². The highest BCUT2D eigenvalue weighted by atomic mass is 32.2. The summed E-state index contributed by atoms with van der Waals surface area (Å²) in [5, 5.41) is 7.34. The predicted molar refractivity (Wildman–Crippen MR) is 120 cm³/mol. The van der Waals surface area contributed by atoms with Gasteiger partial charge in [-0.25, -0.2) is 0 Å². The molecule has 1 saturated carbocycles. The van der Waals surface area contributed by atoms with Crippen molar-refractivity contribution in [3.05, 3.63) is 23.8 Å². The van der Waals surface area contributed by atoms with Gasteiger partial charge in [0.1, 0.15) is 13.2 Å². The first-order chi connectivity index (χ1) is 13.9. The van der Waals surface area contributed by atoms with E-state index in [1.807, 2.05) is 13.0 Å². The lowest BCUT2D eigenvalue weighted by molar-refractivity contribution is 0.171. The van der Waals surface area contributed by atoms with E-state index in [4.69, 9.17) is 9.47 Å². The second kappa shape index (κ2) is 9.83. The minimum Gasteiger partial charge on any atom is -0.486 e. The summed E-state index contributed by atoms with van der Waals surface area (Å²) in [5.41, 5.74) is 1.09. The molecular weight excluding hydrogens is 386 g/mol. The molecule has 3 atom stereocenters. The molecule has 2 aliphatic rings. The molecule has 1 aromatic rings. The summed E-state index contributed by atoms with van der Waals surface area (Å²) in [6.45, 7) is 8.36. The Labute approximate surface area is 177 Å². The van der Waals surface area contributed by atoms with Crippen molar-refractivity contribution in [3.8, 4) is 11.5 Å². The molecule has 6 nitrogen and oxygen atoms in total. The van der Waals surface area contributed by atoms with E-state index in [0.717, 1.165) is 55.4 Å². The van der Waals surface area contributed by atoms with Crippen LogP contribution in [0.3, 0.4) is 0 Å². The first-order valence-corrected chi connectivity index (χ1v) is 12.1. The van der Waals surface area contributed by atoms with Gasteiger partial charge in [-0.2, -0.15) is 0 Å². The minimum absolute atomic E-state index is 0.105. The van der Waals surface area contributed by atoms with Crippen LogP contribution in [0.1, 0.15) is 52.0 Å². The Kier molecular flexibility index (Phi) is 7.44. The molecule has 29 heavy (non-hydrogen) atoms. The first kappa shape index (κ1) is 21.9. The topological polar surface area (TPSA) is 72.0 Å². The highest BCUT2D eigenvalue weighted by molar-refractivity contribution is 7.85. The molecule has 2 N–H and O–H groups in total. The summed E-state index contributed by atoms with van der Waals surface area (Å²) in [6, 6.07) is 6.51. The largest absolute Gasteiger partial charge is 0.486 e. The van der Waals surface area contributed by atoms with Crippen LogP contribution in [0.2, 0.25) is 0 Å². The maximum atomic E-state index is 12.2. The van der Waals surface area contributed by atoms with Crippen molar-refractivity contribution in [1.29, 1.82) is 0 Å². The fraction of sp³-hybridized carbons (Fsp3) is 0.682. The molecule has 7 heteroatoms. The van der Waals surface area contributed by atoms with E-state index in [0.29, 0.717) is 24.5 Å². The Morgan fingerprint density at radius 1 is 1.24 bits per heavy atom. The van der Waals surface area contributed by atoms with Crippen LogP contribution in [0.5, 0.6) is 11.5 Å². The molecule has 162 valence electrons. The second-order valence-corrected chi connectivity index (χ2v) is 10.5. The molecule has 3 unspecified atom stereocenters. The Balaban J connectivity index is 1.57. The standard InChI is InChI=1S/C22H35N3O3S/c1-5-29(26)18-8-6-7-17(14-18)25-21(23-4)24-15-22(2,3)16-9-10-19-20(13-16)28-12-11-27-19/h9-10,13,17-18H,5-8,11-12,14-15H2,1-4H3,(H2,23,24,25). The van der Waals surface area contributed by atoms with Crippen LogP contribution in [-0.2, 0) is 16.2 Å². The van der Waals surface area contributed by atoms with Crippen molar-refractivity contribution in [3.63, 3.8) is 0 Å². The van der Waals surface area contributed by atoms with Gasteiger partial charge in [0.15, 0.2) is 17.5 Å². The van der Waals surface area contributed by atoms with Crippen LogP contribution in [0.25, 0.3) is 0 Å². The number of nitrogens with one attached hydrogen (secondary N) is 2. The molecular formula is C22H35N3O3S. The van der Waals surface area contributed by atoms with Crippen molar-refractivity contribution in [2.75, 3.05) is 32.6 Å². The van der Waals surface area contributed by atoms with Gasteiger partial charge in [-0.05, 0) is 37.0 Å². The van der Waals surface area contributed by atoms with Crippen LogP contribution in [0.4, 0.5) is 0 Å². The quantitative estimate of drug-likeness (QED) is 0.546. The van der Waals surface area contributed by atoms with Crippen LogP contribution in [0, 0.1) is 0 Å². The number of nitrogens with zero attached hydrogens (tertiary/aromatic N) is 1. The monoisotopic (exact) mass is 421 g/mol. The van der Waals surface area contributed by atoms with Gasteiger partial charge in [0.2, 0.25) is 0 Å². The number of hydrogen-bond acceptors (Lipinski definition) is 4. The predicted octanol–water partition coefficient (Wildman–Crippen LogP) is 2.98. The SMILES string of the molecule is CCS(=O)C1CCCC(NC(=NC)NCC(C)(C)c2ccc3c(c2)OCCO3)C1. The lowest BCUT2D eigenvalue weighted by Crippen LogP contribution is -2.49. The van der Waals surface area contributed by atoms with Gasteiger partial charge in [-0.15, -0.1) is 0 Å². The molecule has 1 aromatic carbocycles. The third-order valence-corrected chi connectivity index (χ3v) is 7.61. The highest BCUT2D eigenvalue weighted by Crippen LogP contribution is 2.35. The molecule has 0 amide bonds. The van der Waals surface area contributed by atoms with Gasteiger partial charge in [0.25, 0.3) is 0 Å². The fourth-order valence-electron chi connectivity index (χ4n) is 4.01. The first-order valence-electron chi connectivity index (χ1n) is 10.7. The third kappa shape index (κ3) is 5.65. The molecule has 0 saturated heterocycles. The van der Waals surface area contributed by atoms with E-state index in [2.05, 4.69) is 41.6 Å². The van der Waals surface area contributed by atoms with Crippen LogP contribution in [-0.4, -0.2) is 54.0 Å². The van der Waals surface area contributed by atoms with E-state index < -0.39 is 10.8 Å². The van der Waals surface area contributed by atoms with E-state index >= 15 is 0 Å². The van der Waals surface area contributed by atoms with Gasteiger partial charge in [-0.3, -0.25) is 9.20 Å². The Bertz CT molecular complexity index is 751. The normalized spacial score (nSPS) is 23.4. The molecule has 1 fully saturated rings. The number of hydrogen-bond donors (Lipinski definition) is 2. The third-order valence-electron chi connectivity index (χ3n) is 5.87. The maximum absolute atomic E-state index is 12.2. The van der Waals surface area contributed by atoms with Crippen molar-refractivity contribution in [2.45, 2.75) is 63.2 Å². The summed E-state index contributed by atoms with van der Waals surface area (Å²) >= 11 is 0. The summed E-state index contributed by atoms with van der Waals surface area (Å²) in [4.78, 5) is 4.41. The van der Waals surface area contributed by atoms with Crippen LogP contribution < -0.4 is 20.1 Å². The molecule has 1 aliphatic carbocycles. The Morgan fingerprint density at radius 3 is 2.72 bits per heavy atom. The number of rotatable bonds is 6. The maximum Gasteiger partial charge on any atom is 0.191 e. The second-order valence-electron chi connectivity index (χ2n) is 8.47. The number of guanidine groups is 1. The lowest BCUT2D eigenvalue weighted by atomic mass is 9.84. The van der Waals surface area contributed by atoms with Gasteiger partial charge in [0.05, 0.1) is 0 Å². The zero-order valence-corrected chi connectivity index (χ0v) is 18.9. The van der Waals surface area contributed by atoms with E-state index in [9.17, 15) is 4.21 Å². The average Bonchev–Trinajstić information content (AvgIpc) is 2.75. The number of fused-ring (bicyclic) bond motifs is 1. The van der Waals surface area contributed by atoms with Gasteiger partial charge in [0, 0.05) is 46.9 Å². The molecule has 3 rings (SSSR count). The fourth-order valence-corrected chi connectivity index (χ4v) is 5.36. The summed E-state index contributed by atoms with van der Waals surface area (Å²) < 4.78 is 23.6. The molecule has 1 aliphatic heterocycles. The average molecular weight is 422 g/mol. The minimum atomic E-state index is -0.717. The van der Waals surface area contributed by atoms with Crippen molar-refractivity contribution in [2.24, 2.45) is 4.99 Å². The van der Waals surface area contributed by atoms with Crippen molar-refractivity contribution >= 4 is 16.8 Å².